The SMILES string of the molecule is Cc1sc(NC(=O)c2ccco2)c(C(c2ccc(C(F)(F)F)cc2)N2CCOCC2)c1C. The maximum atomic E-state index is 13.1. The number of amides is 1. The lowest BCUT2D eigenvalue weighted by atomic mass is 9.93. The Morgan fingerprint density at radius 2 is 1.81 bits per heavy atom. The van der Waals surface area contributed by atoms with Crippen molar-refractivity contribution in [2.45, 2.75) is 26.1 Å². The lowest BCUT2D eigenvalue weighted by molar-refractivity contribution is -0.137. The molecule has 1 amide bonds. The highest BCUT2D eigenvalue weighted by molar-refractivity contribution is 7.16. The van der Waals surface area contributed by atoms with Crippen molar-refractivity contribution in [3.8, 4) is 0 Å². The summed E-state index contributed by atoms with van der Waals surface area (Å²) in [4.78, 5) is 15.9. The number of carbonyl (C=O) groups excluding carboxylic acids is 1. The van der Waals surface area contributed by atoms with Gasteiger partial charge in [-0.2, -0.15) is 13.2 Å². The highest BCUT2D eigenvalue weighted by Crippen LogP contribution is 2.43. The second-order valence-electron chi connectivity index (χ2n) is 7.63. The fourth-order valence-electron chi connectivity index (χ4n) is 3.89. The van der Waals surface area contributed by atoms with E-state index in [1.807, 2.05) is 13.8 Å². The van der Waals surface area contributed by atoms with Crippen LogP contribution >= 0.6 is 11.3 Å². The Hall–Kier alpha value is -2.62. The Labute approximate surface area is 187 Å². The number of furan rings is 1. The number of morpholine rings is 1. The molecule has 3 aromatic rings. The number of benzene rings is 1. The van der Waals surface area contributed by atoms with Gasteiger partial charge in [0.25, 0.3) is 5.91 Å². The molecule has 0 spiro atoms. The molecule has 1 aliphatic heterocycles. The van der Waals surface area contributed by atoms with Crippen LogP contribution in [0.25, 0.3) is 0 Å². The summed E-state index contributed by atoms with van der Waals surface area (Å²) in [5.74, 6) is -0.178. The van der Waals surface area contributed by atoms with Gasteiger partial charge in [0, 0.05) is 23.5 Å². The van der Waals surface area contributed by atoms with E-state index in [1.54, 1.807) is 12.1 Å². The molecule has 1 atom stereocenters. The average Bonchev–Trinajstić information content (AvgIpc) is 3.39. The second kappa shape index (κ2) is 9.09. The fourth-order valence-corrected chi connectivity index (χ4v) is 4.98. The fraction of sp³-hybridized carbons (Fsp3) is 0.348. The van der Waals surface area contributed by atoms with Crippen LogP contribution in [0.3, 0.4) is 0 Å². The van der Waals surface area contributed by atoms with Gasteiger partial charge in [-0.3, -0.25) is 9.69 Å². The second-order valence-corrected chi connectivity index (χ2v) is 8.85. The smallest absolute Gasteiger partial charge is 0.416 e. The normalized spacial score (nSPS) is 16.2. The number of hydrogen-bond donors (Lipinski definition) is 1. The van der Waals surface area contributed by atoms with E-state index in [0.717, 1.165) is 33.7 Å². The third-order valence-corrected chi connectivity index (χ3v) is 6.78. The van der Waals surface area contributed by atoms with Gasteiger partial charge in [-0.15, -0.1) is 11.3 Å². The van der Waals surface area contributed by atoms with E-state index in [9.17, 15) is 18.0 Å². The van der Waals surface area contributed by atoms with Crippen LogP contribution in [-0.4, -0.2) is 37.1 Å². The van der Waals surface area contributed by atoms with Gasteiger partial charge >= 0.3 is 6.18 Å². The molecule has 3 heterocycles. The van der Waals surface area contributed by atoms with E-state index in [2.05, 4.69) is 10.2 Å². The highest BCUT2D eigenvalue weighted by Gasteiger charge is 2.33. The van der Waals surface area contributed by atoms with Crippen molar-refractivity contribution in [3.63, 3.8) is 0 Å². The third kappa shape index (κ3) is 4.60. The molecule has 1 N–H and O–H groups in total. The molecule has 2 aromatic heterocycles. The first-order valence-electron chi connectivity index (χ1n) is 10.2. The minimum atomic E-state index is -4.40. The summed E-state index contributed by atoms with van der Waals surface area (Å²) < 4.78 is 50.1. The molecule has 0 bridgehead atoms. The van der Waals surface area contributed by atoms with Crippen LogP contribution in [0.5, 0.6) is 0 Å². The Morgan fingerprint density at radius 3 is 2.41 bits per heavy atom. The van der Waals surface area contributed by atoms with E-state index in [-0.39, 0.29) is 17.7 Å². The quantitative estimate of drug-likeness (QED) is 0.530. The summed E-state index contributed by atoms with van der Waals surface area (Å²) in [6.07, 6.45) is -2.97. The number of anilines is 1. The standard InChI is InChI=1S/C23H23F3N2O3S/c1-14-15(2)32-22(27-21(29)18-4-3-11-31-18)19(14)20(28-9-12-30-13-10-28)16-5-7-17(8-6-16)23(24,25)26/h3-8,11,20H,9-10,12-13H2,1-2H3,(H,27,29). The minimum absolute atomic E-state index is 0.192. The molecule has 1 saturated heterocycles. The first kappa shape index (κ1) is 22.6. The molecule has 32 heavy (non-hydrogen) atoms. The van der Waals surface area contributed by atoms with E-state index >= 15 is 0 Å². The topological polar surface area (TPSA) is 54.7 Å². The lowest BCUT2D eigenvalue weighted by Gasteiger charge is -2.35. The van der Waals surface area contributed by atoms with Crippen LogP contribution in [0.15, 0.2) is 47.1 Å². The number of nitrogens with one attached hydrogen (secondary N) is 1. The Bertz CT molecular complexity index is 1070. The summed E-state index contributed by atoms with van der Waals surface area (Å²) in [7, 11) is 0. The Kier molecular flexibility index (Phi) is 6.41. The Balaban J connectivity index is 1.77. The molecule has 1 aromatic carbocycles. The minimum Gasteiger partial charge on any atom is -0.459 e. The molecule has 5 nitrogen and oxygen atoms in total. The number of aryl methyl sites for hydroxylation is 1. The molecule has 170 valence electrons. The molecule has 0 radical (unpaired) electrons. The maximum Gasteiger partial charge on any atom is 0.416 e. The van der Waals surface area contributed by atoms with Gasteiger partial charge in [0.1, 0.15) is 5.00 Å². The molecule has 1 unspecified atom stereocenters. The van der Waals surface area contributed by atoms with Gasteiger partial charge in [-0.1, -0.05) is 12.1 Å². The zero-order valence-corrected chi connectivity index (χ0v) is 18.5. The number of nitrogens with zero attached hydrogens (tertiary/aromatic N) is 1. The van der Waals surface area contributed by atoms with Crippen LogP contribution in [-0.2, 0) is 10.9 Å². The van der Waals surface area contributed by atoms with Crippen molar-refractivity contribution in [1.82, 2.24) is 4.90 Å². The van der Waals surface area contributed by atoms with Crippen molar-refractivity contribution in [3.05, 3.63) is 75.6 Å². The molecule has 0 saturated carbocycles. The average molecular weight is 465 g/mol. The van der Waals surface area contributed by atoms with Crippen molar-refractivity contribution >= 4 is 22.2 Å². The van der Waals surface area contributed by atoms with Gasteiger partial charge in [-0.05, 0) is 49.2 Å². The van der Waals surface area contributed by atoms with Crippen LogP contribution < -0.4 is 5.32 Å². The number of ether oxygens (including phenoxy) is 1. The number of thiophene rings is 1. The van der Waals surface area contributed by atoms with Crippen molar-refractivity contribution in [1.29, 1.82) is 0 Å². The number of hydrogen-bond acceptors (Lipinski definition) is 5. The van der Waals surface area contributed by atoms with Crippen LogP contribution in [0, 0.1) is 13.8 Å². The summed E-state index contributed by atoms with van der Waals surface area (Å²) >= 11 is 1.45. The molecule has 9 heteroatoms. The van der Waals surface area contributed by atoms with Crippen molar-refractivity contribution < 1.29 is 27.1 Å². The monoisotopic (exact) mass is 464 g/mol. The molecule has 1 aliphatic rings. The lowest BCUT2D eigenvalue weighted by Crippen LogP contribution is -2.40. The van der Waals surface area contributed by atoms with Crippen LogP contribution in [0.1, 0.15) is 43.7 Å². The van der Waals surface area contributed by atoms with E-state index < -0.39 is 11.7 Å². The van der Waals surface area contributed by atoms with Gasteiger partial charge in [0.05, 0.1) is 31.1 Å². The first-order valence-corrected chi connectivity index (χ1v) is 11.0. The zero-order chi connectivity index (χ0) is 22.9. The maximum absolute atomic E-state index is 13.1. The molecule has 1 fully saturated rings. The first-order chi connectivity index (χ1) is 15.3. The van der Waals surface area contributed by atoms with Crippen LogP contribution in [0.2, 0.25) is 0 Å². The van der Waals surface area contributed by atoms with Crippen LogP contribution in [0.4, 0.5) is 18.2 Å². The van der Waals surface area contributed by atoms with Crippen molar-refractivity contribution in [2.24, 2.45) is 0 Å². The summed E-state index contributed by atoms with van der Waals surface area (Å²) in [6, 6.07) is 8.16. The van der Waals surface area contributed by atoms with Gasteiger partial charge < -0.3 is 14.5 Å². The predicted octanol–water partition coefficient (Wildman–Crippen LogP) is 5.65. The zero-order valence-electron chi connectivity index (χ0n) is 17.7. The highest BCUT2D eigenvalue weighted by atomic mass is 32.1. The largest absolute Gasteiger partial charge is 0.459 e. The summed E-state index contributed by atoms with van der Waals surface area (Å²) in [6.45, 7) is 6.27. The van der Waals surface area contributed by atoms with Gasteiger partial charge in [-0.25, -0.2) is 0 Å². The summed E-state index contributed by atoms with van der Waals surface area (Å²) in [5, 5.41) is 3.61. The van der Waals surface area contributed by atoms with Gasteiger partial charge in [0.15, 0.2) is 5.76 Å². The van der Waals surface area contributed by atoms with Gasteiger partial charge in [0.2, 0.25) is 0 Å². The third-order valence-electron chi connectivity index (χ3n) is 5.64. The molecule has 0 aliphatic carbocycles. The van der Waals surface area contributed by atoms with E-state index in [1.165, 1.54) is 29.7 Å². The molecule has 4 rings (SSSR count). The van der Waals surface area contributed by atoms with E-state index in [4.69, 9.17) is 9.15 Å². The van der Waals surface area contributed by atoms with E-state index in [0.29, 0.717) is 31.3 Å². The predicted molar refractivity (Wildman–Crippen MR) is 116 cm³/mol. The molecular weight excluding hydrogens is 441 g/mol. The number of rotatable bonds is 5. The molecular formula is C23H23F3N2O3S. The number of halogens is 3. The Morgan fingerprint density at radius 1 is 1.12 bits per heavy atom. The van der Waals surface area contributed by atoms with Crippen molar-refractivity contribution in [2.75, 3.05) is 31.6 Å². The number of carbonyl (C=O) groups is 1. The number of alkyl halides is 3. The summed E-state index contributed by atoms with van der Waals surface area (Å²) in [5.41, 5.74) is 1.93.